The molecule has 4 fully saturated rings. The molecule has 2 N–H and O–H groups in total. The fourth-order valence-corrected chi connectivity index (χ4v) is 4.93. The topological polar surface area (TPSA) is 49.0 Å². The SMILES string of the molecule is CCN1CCOC2C(CN3CCC4OCCNC4C3)CNCC21. The average molecular weight is 324 g/mol. The number of likely N-dealkylation sites (tertiary alicyclic amines) is 1. The summed E-state index contributed by atoms with van der Waals surface area (Å²) in [4.78, 5) is 5.22. The van der Waals surface area contributed by atoms with Gasteiger partial charge in [-0.15, -0.1) is 0 Å². The fourth-order valence-electron chi connectivity index (χ4n) is 4.93. The number of rotatable bonds is 3. The van der Waals surface area contributed by atoms with Crippen LogP contribution in [0.25, 0.3) is 0 Å². The summed E-state index contributed by atoms with van der Waals surface area (Å²) in [7, 11) is 0. The van der Waals surface area contributed by atoms with Crippen molar-refractivity contribution in [2.75, 3.05) is 65.6 Å². The molecule has 4 aliphatic heterocycles. The number of hydrogen-bond acceptors (Lipinski definition) is 6. The van der Waals surface area contributed by atoms with Gasteiger partial charge in [-0.1, -0.05) is 6.92 Å². The Morgan fingerprint density at radius 1 is 1.13 bits per heavy atom. The van der Waals surface area contributed by atoms with Gasteiger partial charge < -0.3 is 25.0 Å². The first-order valence-electron chi connectivity index (χ1n) is 9.49. The van der Waals surface area contributed by atoms with Crippen molar-refractivity contribution in [1.82, 2.24) is 20.4 Å². The Morgan fingerprint density at radius 3 is 3.00 bits per heavy atom. The van der Waals surface area contributed by atoms with Crippen LogP contribution in [0.3, 0.4) is 0 Å². The van der Waals surface area contributed by atoms with E-state index in [1.165, 1.54) is 0 Å². The molecule has 0 aliphatic carbocycles. The third-order valence-corrected chi connectivity index (χ3v) is 6.13. The molecule has 4 saturated heterocycles. The lowest BCUT2D eigenvalue weighted by molar-refractivity contribution is -0.115. The van der Waals surface area contributed by atoms with Gasteiger partial charge in [0.1, 0.15) is 0 Å². The Kier molecular flexibility index (Phi) is 5.18. The molecule has 0 aromatic carbocycles. The van der Waals surface area contributed by atoms with Crippen LogP contribution in [0.5, 0.6) is 0 Å². The third-order valence-electron chi connectivity index (χ3n) is 6.13. The van der Waals surface area contributed by atoms with E-state index in [4.69, 9.17) is 9.47 Å². The number of fused-ring (bicyclic) bond motifs is 2. The average Bonchev–Trinajstić information content (AvgIpc) is 2.61. The third kappa shape index (κ3) is 3.43. The van der Waals surface area contributed by atoms with Gasteiger partial charge in [0.15, 0.2) is 0 Å². The highest BCUT2D eigenvalue weighted by Crippen LogP contribution is 2.26. The molecule has 0 amide bonds. The summed E-state index contributed by atoms with van der Waals surface area (Å²) in [5.41, 5.74) is 0. The number of nitrogens with zero attached hydrogens (tertiary/aromatic N) is 2. The van der Waals surface area contributed by atoms with Crippen molar-refractivity contribution in [3.8, 4) is 0 Å². The molecule has 5 unspecified atom stereocenters. The molecule has 132 valence electrons. The largest absolute Gasteiger partial charge is 0.375 e. The maximum atomic E-state index is 6.23. The van der Waals surface area contributed by atoms with Gasteiger partial charge in [0.25, 0.3) is 0 Å². The number of morpholine rings is 2. The Labute approximate surface area is 139 Å². The highest BCUT2D eigenvalue weighted by Gasteiger charge is 2.41. The summed E-state index contributed by atoms with van der Waals surface area (Å²) >= 11 is 0. The molecule has 6 heteroatoms. The van der Waals surface area contributed by atoms with Crippen LogP contribution < -0.4 is 10.6 Å². The minimum atomic E-state index is 0.401. The molecule has 4 aliphatic rings. The highest BCUT2D eigenvalue weighted by atomic mass is 16.5. The lowest BCUT2D eigenvalue weighted by Crippen LogP contribution is -2.65. The summed E-state index contributed by atoms with van der Waals surface area (Å²) in [5.74, 6) is 0.601. The van der Waals surface area contributed by atoms with Crippen LogP contribution in [0.2, 0.25) is 0 Å². The summed E-state index contributed by atoms with van der Waals surface area (Å²) in [6.07, 6.45) is 1.99. The first kappa shape index (κ1) is 16.2. The normalized spacial score (nSPS) is 42.9. The Bertz CT molecular complexity index is 397. The Morgan fingerprint density at radius 2 is 2.09 bits per heavy atom. The first-order valence-corrected chi connectivity index (χ1v) is 9.49. The van der Waals surface area contributed by atoms with Crippen LogP contribution in [0.1, 0.15) is 13.3 Å². The van der Waals surface area contributed by atoms with Gasteiger partial charge in [0.05, 0.1) is 25.4 Å². The van der Waals surface area contributed by atoms with Gasteiger partial charge in [-0.3, -0.25) is 4.90 Å². The number of piperidine rings is 2. The van der Waals surface area contributed by atoms with Gasteiger partial charge >= 0.3 is 0 Å². The minimum Gasteiger partial charge on any atom is -0.375 e. The molecule has 0 aromatic heterocycles. The molecule has 0 aromatic rings. The first-order chi connectivity index (χ1) is 11.3. The minimum absolute atomic E-state index is 0.401. The zero-order chi connectivity index (χ0) is 15.6. The molecule has 0 radical (unpaired) electrons. The van der Waals surface area contributed by atoms with Crippen molar-refractivity contribution in [1.29, 1.82) is 0 Å². The summed E-state index contributed by atoms with van der Waals surface area (Å²) in [5, 5.41) is 7.29. The van der Waals surface area contributed by atoms with E-state index in [9.17, 15) is 0 Å². The second kappa shape index (κ2) is 7.33. The molecule has 6 nitrogen and oxygen atoms in total. The van der Waals surface area contributed by atoms with E-state index in [0.29, 0.717) is 30.2 Å². The molecule has 0 bridgehead atoms. The van der Waals surface area contributed by atoms with E-state index < -0.39 is 0 Å². The van der Waals surface area contributed by atoms with E-state index in [-0.39, 0.29) is 0 Å². The quantitative estimate of drug-likeness (QED) is 0.720. The Balaban J connectivity index is 1.36. The van der Waals surface area contributed by atoms with Crippen LogP contribution in [0, 0.1) is 5.92 Å². The molecule has 0 saturated carbocycles. The smallest absolute Gasteiger partial charge is 0.0795 e. The monoisotopic (exact) mass is 324 g/mol. The molecule has 4 rings (SSSR count). The fraction of sp³-hybridized carbons (Fsp3) is 1.00. The van der Waals surface area contributed by atoms with Crippen LogP contribution >= 0.6 is 0 Å². The van der Waals surface area contributed by atoms with Crippen molar-refractivity contribution in [2.45, 2.75) is 37.6 Å². The molecular weight excluding hydrogens is 292 g/mol. The summed E-state index contributed by atoms with van der Waals surface area (Å²) in [6, 6.07) is 1.07. The maximum absolute atomic E-state index is 6.23. The lowest BCUT2D eigenvalue weighted by atomic mass is 9.88. The lowest BCUT2D eigenvalue weighted by Gasteiger charge is -2.49. The van der Waals surface area contributed by atoms with Gasteiger partial charge in [-0.05, 0) is 13.0 Å². The van der Waals surface area contributed by atoms with Crippen molar-refractivity contribution in [2.24, 2.45) is 5.92 Å². The van der Waals surface area contributed by atoms with Gasteiger partial charge in [-0.2, -0.15) is 0 Å². The molecular formula is C17H32N4O2. The van der Waals surface area contributed by atoms with Gasteiger partial charge in [0.2, 0.25) is 0 Å². The molecule has 4 heterocycles. The zero-order valence-electron chi connectivity index (χ0n) is 14.4. The number of ether oxygens (including phenoxy) is 2. The van der Waals surface area contributed by atoms with Crippen molar-refractivity contribution in [3.63, 3.8) is 0 Å². The van der Waals surface area contributed by atoms with E-state index >= 15 is 0 Å². The number of hydrogen-bond donors (Lipinski definition) is 2. The van der Waals surface area contributed by atoms with Crippen molar-refractivity contribution in [3.05, 3.63) is 0 Å². The number of nitrogens with one attached hydrogen (secondary N) is 2. The van der Waals surface area contributed by atoms with Crippen LogP contribution in [0.15, 0.2) is 0 Å². The molecule has 23 heavy (non-hydrogen) atoms. The summed E-state index contributed by atoms with van der Waals surface area (Å²) in [6.45, 7) is 12.9. The van der Waals surface area contributed by atoms with E-state index in [1.807, 2.05) is 0 Å². The van der Waals surface area contributed by atoms with Crippen LogP contribution in [-0.2, 0) is 9.47 Å². The predicted molar refractivity (Wildman–Crippen MR) is 89.7 cm³/mol. The van der Waals surface area contributed by atoms with Crippen LogP contribution in [0.4, 0.5) is 0 Å². The van der Waals surface area contributed by atoms with Gasteiger partial charge in [0, 0.05) is 63.8 Å². The second-order valence-corrected chi connectivity index (χ2v) is 7.47. The molecule has 0 spiro atoms. The van der Waals surface area contributed by atoms with Gasteiger partial charge in [-0.25, -0.2) is 0 Å². The predicted octanol–water partition coefficient (Wildman–Crippen LogP) is -0.642. The summed E-state index contributed by atoms with van der Waals surface area (Å²) < 4.78 is 12.1. The van der Waals surface area contributed by atoms with E-state index in [0.717, 1.165) is 72.0 Å². The van der Waals surface area contributed by atoms with E-state index in [2.05, 4.69) is 27.4 Å². The zero-order valence-corrected chi connectivity index (χ0v) is 14.4. The standard InChI is InChI=1S/C17H32N4O2/c1-2-21-6-8-23-17-13(9-18-10-15(17)21)11-20-5-3-16-14(12-20)19-4-7-22-16/h13-19H,2-12H2,1H3. The maximum Gasteiger partial charge on any atom is 0.0795 e. The highest BCUT2D eigenvalue weighted by molar-refractivity contribution is 4.97. The molecule has 5 atom stereocenters. The van der Waals surface area contributed by atoms with Crippen molar-refractivity contribution >= 4 is 0 Å². The number of likely N-dealkylation sites (N-methyl/N-ethyl adjacent to an activating group) is 1. The van der Waals surface area contributed by atoms with Crippen molar-refractivity contribution < 1.29 is 9.47 Å². The van der Waals surface area contributed by atoms with Crippen LogP contribution in [-0.4, -0.2) is 99.7 Å². The van der Waals surface area contributed by atoms with E-state index in [1.54, 1.807) is 0 Å². The Hall–Kier alpha value is -0.240. The second-order valence-electron chi connectivity index (χ2n) is 7.47.